The number of fused-ring (bicyclic) bond motifs is 1. The number of para-hydroxylation sites is 2. The summed E-state index contributed by atoms with van der Waals surface area (Å²) in [6.07, 6.45) is 0. The molecule has 0 bridgehead atoms. The predicted molar refractivity (Wildman–Crippen MR) is 117 cm³/mol. The summed E-state index contributed by atoms with van der Waals surface area (Å²) >= 11 is 0. The van der Waals surface area contributed by atoms with E-state index in [1.807, 2.05) is 66.2 Å². The molecule has 0 amide bonds. The molecular weight excluding hydrogens is 416 g/mol. The van der Waals surface area contributed by atoms with E-state index < -0.39 is 21.0 Å². The van der Waals surface area contributed by atoms with Crippen molar-refractivity contribution < 1.29 is 13.3 Å². The Labute approximate surface area is 179 Å². The zero-order chi connectivity index (χ0) is 22.2. The van der Waals surface area contributed by atoms with Crippen molar-refractivity contribution in [3.63, 3.8) is 0 Å². The number of nitrogens with one attached hydrogen (secondary N) is 1. The van der Waals surface area contributed by atoms with Crippen molar-refractivity contribution in [1.29, 1.82) is 0 Å². The van der Waals surface area contributed by atoms with Gasteiger partial charge in [0.2, 0.25) is 10.0 Å². The van der Waals surface area contributed by atoms with Gasteiger partial charge in [0.1, 0.15) is 11.9 Å². The first-order valence-electron chi connectivity index (χ1n) is 9.51. The van der Waals surface area contributed by atoms with Gasteiger partial charge in [-0.1, -0.05) is 48.5 Å². The molecule has 0 aliphatic heterocycles. The number of nitrogens with zero attached hydrogens (tertiary/aromatic N) is 3. The van der Waals surface area contributed by atoms with Gasteiger partial charge in [-0.25, -0.2) is 13.4 Å². The first-order valence-corrected chi connectivity index (χ1v) is 11.0. The monoisotopic (exact) mass is 436 g/mol. The van der Waals surface area contributed by atoms with E-state index in [0.29, 0.717) is 17.0 Å². The van der Waals surface area contributed by atoms with Crippen molar-refractivity contribution in [3.8, 4) is 0 Å². The summed E-state index contributed by atoms with van der Waals surface area (Å²) < 4.78 is 31.0. The molecule has 158 valence electrons. The number of aryl methyl sites for hydroxylation is 2. The Morgan fingerprint density at radius 1 is 1.03 bits per heavy atom. The van der Waals surface area contributed by atoms with E-state index >= 15 is 0 Å². The molecule has 3 aromatic carbocycles. The van der Waals surface area contributed by atoms with Gasteiger partial charge in [-0.15, -0.1) is 0 Å². The highest BCUT2D eigenvalue weighted by atomic mass is 32.2. The zero-order valence-corrected chi connectivity index (χ0v) is 17.7. The highest BCUT2D eigenvalue weighted by molar-refractivity contribution is 7.89. The molecule has 0 radical (unpaired) electrons. The Bertz CT molecular complexity index is 1380. The van der Waals surface area contributed by atoms with E-state index in [9.17, 15) is 18.5 Å². The molecule has 0 saturated carbocycles. The molecule has 4 aromatic rings. The predicted octanol–water partition coefficient (Wildman–Crippen LogP) is 3.86. The summed E-state index contributed by atoms with van der Waals surface area (Å²) in [5.41, 5.74) is 2.45. The fourth-order valence-corrected chi connectivity index (χ4v) is 4.72. The third kappa shape index (κ3) is 3.92. The highest BCUT2D eigenvalue weighted by Crippen LogP contribution is 2.28. The van der Waals surface area contributed by atoms with Gasteiger partial charge < -0.3 is 4.57 Å². The van der Waals surface area contributed by atoms with Gasteiger partial charge in [-0.05, 0) is 30.7 Å². The number of hydrogen-bond acceptors (Lipinski definition) is 5. The topological polar surface area (TPSA) is 107 Å². The molecule has 1 N–H and O–H groups in total. The van der Waals surface area contributed by atoms with Crippen LogP contribution in [-0.2, 0) is 17.1 Å². The summed E-state index contributed by atoms with van der Waals surface area (Å²) in [5.74, 6) is 0.512. The molecule has 0 aliphatic carbocycles. The van der Waals surface area contributed by atoms with Crippen LogP contribution in [0.25, 0.3) is 11.0 Å². The molecule has 4 rings (SSSR count). The number of nitro groups is 1. The largest absolute Gasteiger partial charge is 0.329 e. The zero-order valence-electron chi connectivity index (χ0n) is 16.9. The number of imidazole rings is 1. The lowest BCUT2D eigenvalue weighted by Gasteiger charge is -2.19. The van der Waals surface area contributed by atoms with Crippen LogP contribution in [-0.4, -0.2) is 22.9 Å². The fourth-order valence-electron chi connectivity index (χ4n) is 3.51. The molecule has 9 heteroatoms. The molecule has 0 aliphatic rings. The van der Waals surface area contributed by atoms with Gasteiger partial charge in [-0.2, -0.15) is 4.72 Å². The average Bonchev–Trinajstić information content (AvgIpc) is 3.09. The Balaban J connectivity index is 1.83. The molecule has 0 spiro atoms. The average molecular weight is 436 g/mol. The lowest BCUT2D eigenvalue weighted by Crippen LogP contribution is -2.31. The SMILES string of the molecule is Cc1ccc(S(=O)(=O)NC(c2ccccc2)c2nc3ccccc3n2C)cc1[N+](=O)[O-]. The maximum Gasteiger partial charge on any atom is 0.273 e. The second-order valence-corrected chi connectivity index (χ2v) is 8.90. The number of nitro benzene ring substituents is 1. The minimum absolute atomic E-state index is 0.176. The first-order chi connectivity index (χ1) is 14.8. The summed E-state index contributed by atoms with van der Waals surface area (Å²) in [4.78, 5) is 15.2. The van der Waals surface area contributed by atoms with Crippen LogP contribution in [0.2, 0.25) is 0 Å². The number of aromatic nitrogens is 2. The van der Waals surface area contributed by atoms with Crippen LogP contribution in [0.1, 0.15) is 23.0 Å². The second-order valence-electron chi connectivity index (χ2n) is 7.19. The first kappa shape index (κ1) is 20.7. The van der Waals surface area contributed by atoms with Crippen LogP contribution < -0.4 is 4.72 Å². The lowest BCUT2D eigenvalue weighted by atomic mass is 10.1. The van der Waals surface area contributed by atoms with Crippen LogP contribution in [0.4, 0.5) is 5.69 Å². The van der Waals surface area contributed by atoms with Crippen LogP contribution in [0.3, 0.4) is 0 Å². The molecule has 1 atom stereocenters. The van der Waals surface area contributed by atoms with E-state index in [-0.39, 0.29) is 10.6 Å². The van der Waals surface area contributed by atoms with Crippen molar-refractivity contribution in [3.05, 3.63) is 99.9 Å². The Hall–Kier alpha value is -3.56. The molecule has 0 saturated heterocycles. The summed E-state index contributed by atoms with van der Waals surface area (Å²) in [5, 5.41) is 11.3. The Morgan fingerprint density at radius 2 is 1.71 bits per heavy atom. The van der Waals surface area contributed by atoms with Gasteiger partial charge in [0.05, 0.1) is 20.9 Å². The third-order valence-corrected chi connectivity index (χ3v) is 6.59. The van der Waals surface area contributed by atoms with Gasteiger partial charge in [0, 0.05) is 18.7 Å². The van der Waals surface area contributed by atoms with Crippen molar-refractivity contribution in [1.82, 2.24) is 14.3 Å². The van der Waals surface area contributed by atoms with Crippen molar-refractivity contribution >= 4 is 26.7 Å². The van der Waals surface area contributed by atoms with Crippen LogP contribution in [0, 0.1) is 17.0 Å². The minimum atomic E-state index is -4.09. The van der Waals surface area contributed by atoms with Gasteiger partial charge in [0.25, 0.3) is 5.69 Å². The molecule has 1 unspecified atom stereocenters. The van der Waals surface area contributed by atoms with E-state index in [1.165, 1.54) is 12.1 Å². The van der Waals surface area contributed by atoms with Crippen LogP contribution in [0.5, 0.6) is 0 Å². The molecule has 31 heavy (non-hydrogen) atoms. The van der Waals surface area contributed by atoms with Crippen LogP contribution in [0.15, 0.2) is 77.7 Å². The van der Waals surface area contributed by atoms with Crippen molar-refractivity contribution in [2.75, 3.05) is 0 Å². The second kappa shape index (κ2) is 7.93. The molecule has 8 nitrogen and oxygen atoms in total. The number of sulfonamides is 1. The van der Waals surface area contributed by atoms with Gasteiger partial charge >= 0.3 is 0 Å². The molecule has 1 heterocycles. The molecule has 1 aromatic heterocycles. The maximum atomic E-state index is 13.2. The highest BCUT2D eigenvalue weighted by Gasteiger charge is 2.28. The van der Waals surface area contributed by atoms with Crippen molar-refractivity contribution in [2.24, 2.45) is 7.05 Å². The number of benzene rings is 3. The molecule has 0 fully saturated rings. The molecular formula is C22H20N4O4S. The van der Waals surface area contributed by atoms with Crippen molar-refractivity contribution in [2.45, 2.75) is 17.9 Å². The van der Waals surface area contributed by atoms with E-state index in [2.05, 4.69) is 9.71 Å². The standard InChI is InChI=1S/C22H20N4O4S/c1-15-12-13-17(14-20(15)26(27)28)31(29,30)24-21(16-8-4-3-5-9-16)22-23-18-10-6-7-11-19(18)25(22)2/h3-14,21,24H,1-2H3. The maximum absolute atomic E-state index is 13.2. The number of hydrogen-bond donors (Lipinski definition) is 1. The summed E-state index contributed by atoms with van der Waals surface area (Å²) in [7, 11) is -2.27. The summed E-state index contributed by atoms with van der Waals surface area (Å²) in [6.45, 7) is 1.56. The quantitative estimate of drug-likeness (QED) is 0.365. The smallest absolute Gasteiger partial charge is 0.273 e. The van der Waals surface area contributed by atoms with Crippen LogP contribution >= 0.6 is 0 Å². The third-order valence-electron chi connectivity index (χ3n) is 5.17. The van der Waals surface area contributed by atoms with E-state index in [1.54, 1.807) is 6.92 Å². The number of rotatable bonds is 6. The van der Waals surface area contributed by atoms with Gasteiger partial charge in [-0.3, -0.25) is 10.1 Å². The van der Waals surface area contributed by atoms with Gasteiger partial charge in [0.15, 0.2) is 0 Å². The van der Waals surface area contributed by atoms with E-state index in [4.69, 9.17) is 0 Å². The minimum Gasteiger partial charge on any atom is -0.329 e. The Morgan fingerprint density at radius 3 is 2.39 bits per heavy atom. The lowest BCUT2D eigenvalue weighted by molar-refractivity contribution is -0.385. The normalized spacial score (nSPS) is 12.7. The Kier molecular flexibility index (Phi) is 5.30. The fraction of sp³-hybridized carbons (Fsp3) is 0.136. The summed E-state index contributed by atoms with van der Waals surface area (Å²) in [6, 6.07) is 19.7. The van der Waals surface area contributed by atoms with E-state index in [0.717, 1.165) is 17.1 Å².